The van der Waals surface area contributed by atoms with E-state index in [4.69, 9.17) is 12.2 Å². The van der Waals surface area contributed by atoms with Crippen LogP contribution in [0.2, 0.25) is 0 Å². The number of aryl methyl sites for hydroxylation is 1. The second-order valence-electron chi connectivity index (χ2n) is 6.38. The first-order valence-electron chi connectivity index (χ1n) is 8.34. The summed E-state index contributed by atoms with van der Waals surface area (Å²) in [7, 11) is 2.04. The van der Waals surface area contributed by atoms with Gasteiger partial charge in [-0.2, -0.15) is 0 Å². The molecule has 4 nitrogen and oxygen atoms in total. The van der Waals surface area contributed by atoms with E-state index in [9.17, 15) is 0 Å². The van der Waals surface area contributed by atoms with E-state index in [1.54, 1.807) is 0 Å². The average molecular weight is 348 g/mol. The molecule has 126 valence electrons. The van der Waals surface area contributed by atoms with E-state index in [0.717, 1.165) is 16.5 Å². The van der Waals surface area contributed by atoms with Crippen molar-refractivity contribution in [1.29, 1.82) is 0 Å². The standard InChI is InChI=1S/C20H20N4S/c1-14-8-10-15(11-9-14)24-13-5-7-17(24)19-18(22-20(25)23(19)2)16-6-3-4-12-21-16/h3-13,18-19H,1-2H3,(H,22,25)/t18-,19-/m1/s1. The number of thiocarbonyl (C=S) groups is 1. The topological polar surface area (TPSA) is 33.1 Å². The fraction of sp³-hybridized carbons (Fsp3) is 0.200. The van der Waals surface area contributed by atoms with Gasteiger partial charge in [-0.05, 0) is 55.5 Å². The van der Waals surface area contributed by atoms with Crippen LogP contribution in [-0.4, -0.2) is 26.6 Å². The van der Waals surface area contributed by atoms with Crippen molar-refractivity contribution in [2.24, 2.45) is 0 Å². The van der Waals surface area contributed by atoms with Crippen LogP contribution in [-0.2, 0) is 0 Å². The monoisotopic (exact) mass is 348 g/mol. The van der Waals surface area contributed by atoms with Crippen LogP contribution in [0.5, 0.6) is 0 Å². The van der Waals surface area contributed by atoms with Crippen molar-refractivity contribution in [2.45, 2.75) is 19.0 Å². The Morgan fingerprint density at radius 3 is 2.56 bits per heavy atom. The molecule has 2 aromatic heterocycles. The molecule has 0 unspecified atom stereocenters. The van der Waals surface area contributed by atoms with Crippen molar-refractivity contribution in [1.82, 2.24) is 19.8 Å². The molecule has 1 aliphatic heterocycles. The minimum absolute atomic E-state index is 0.0257. The van der Waals surface area contributed by atoms with Crippen LogP contribution in [0.15, 0.2) is 67.0 Å². The Labute approximate surface area is 153 Å². The fourth-order valence-electron chi connectivity index (χ4n) is 3.40. The number of benzene rings is 1. The summed E-state index contributed by atoms with van der Waals surface area (Å²) >= 11 is 5.52. The Hall–Kier alpha value is -2.66. The van der Waals surface area contributed by atoms with E-state index in [0.29, 0.717) is 0 Å². The van der Waals surface area contributed by atoms with Crippen LogP contribution >= 0.6 is 12.2 Å². The summed E-state index contributed by atoms with van der Waals surface area (Å²) < 4.78 is 2.23. The maximum absolute atomic E-state index is 5.52. The molecule has 4 rings (SSSR count). The maximum Gasteiger partial charge on any atom is 0.169 e. The summed E-state index contributed by atoms with van der Waals surface area (Å²) in [5, 5.41) is 4.18. The first kappa shape index (κ1) is 15.8. The molecule has 3 heterocycles. The minimum Gasteiger partial charge on any atom is -0.352 e. The highest BCUT2D eigenvalue weighted by molar-refractivity contribution is 7.80. The molecule has 1 N–H and O–H groups in total. The van der Waals surface area contributed by atoms with Gasteiger partial charge < -0.3 is 14.8 Å². The summed E-state index contributed by atoms with van der Waals surface area (Å²) in [4.78, 5) is 6.67. The molecule has 5 heteroatoms. The number of likely N-dealkylation sites (N-methyl/N-ethyl adjacent to an activating group) is 1. The SMILES string of the molecule is Cc1ccc(-n2cccc2[C@@H]2[C@@H](c3ccccn3)NC(=S)N2C)cc1. The number of hydrogen-bond donors (Lipinski definition) is 1. The van der Waals surface area contributed by atoms with Crippen molar-refractivity contribution in [3.63, 3.8) is 0 Å². The van der Waals surface area contributed by atoms with Gasteiger partial charge in [-0.15, -0.1) is 0 Å². The van der Waals surface area contributed by atoms with E-state index in [1.165, 1.54) is 11.3 Å². The third kappa shape index (κ3) is 2.81. The fourth-order valence-corrected chi connectivity index (χ4v) is 3.64. The summed E-state index contributed by atoms with van der Waals surface area (Å²) in [6.45, 7) is 2.10. The van der Waals surface area contributed by atoms with E-state index in [2.05, 4.69) is 69.3 Å². The zero-order valence-corrected chi connectivity index (χ0v) is 15.1. The quantitative estimate of drug-likeness (QED) is 0.730. The van der Waals surface area contributed by atoms with Gasteiger partial charge in [0.1, 0.15) is 0 Å². The van der Waals surface area contributed by atoms with E-state index >= 15 is 0 Å². The molecule has 3 aromatic rings. The molecule has 25 heavy (non-hydrogen) atoms. The molecule has 0 saturated carbocycles. The van der Waals surface area contributed by atoms with Gasteiger partial charge in [0.25, 0.3) is 0 Å². The van der Waals surface area contributed by atoms with Gasteiger partial charge in [0.15, 0.2) is 5.11 Å². The summed E-state index contributed by atoms with van der Waals surface area (Å²) in [6.07, 6.45) is 3.93. The Bertz CT molecular complexity index is 886. The van der Waals surface area contributed by atoms with E-state index in [-0.39, 0.29) is 12.1 Å². The van der Waals surface area contributed by atoms with Crippen LogP contribution in [0.25, 0.3) is 5.69 Å². The number of pyridine rings is 1. The largest absolute Gasteiger partial charge is 0.352 e. The Kier molecular flexibility index (Phi) is 4.01. The van der Waals surface area contributed by atoms with Crippen molar-refractivity contribution in [3.8, 4) is 5.69 Å². The molecule has 1 fully saturated rings. The molecule has 0 radical (unpaired) electrons. The average Bonchev–Trinajstić information content (AvgIpc) is 3.22. The molecule has 2 atom stereocenters. The lowest BCUT2D eigenvalue weighted by Gasteiger charge is -2.25. The lowest BCUT2D eigenvalue weighted by atomic mass is 10.0. The van der Waals surface area contributed by atoms with Gasteiger partial charge in [-0.1, -0.05) is 23.8 Å². The first-order chi connectivity index (χ1) is 12.1. The van der Waals surface area contributed by atoms with Crippen molar-refractivity contribution < 1.29 is 0 Å². The normalized spacial score (nSPS) is 19.9. The summed E-state index contributed by atoms with van der Waals surface area (Å²) in [6, 6.07) is 18.9. The minimum atomic E-state index is 0.0257. The Morgan fingerprint density at radius 2 is 1.84 bits per heavy atom. The molecule has 0 aliphatic carbocycles. The highest BCUT2D eigenvalue weighted by Gasteiger charge is 2.39. The molecule has 1 saturated heterocycles. The molecule has 1 aliphatic rings. The Balaban J connectivity index is 1.78. The molecule has 1 aromatic carbocycles. The number of nitrogens with one attached hydrogen (secondary N) is 1. The zero-order chi connectivity index (χ0) is 17.4. The van der Waals surface area contributed by atoms with Crippen molar-refractivity contribution in [3.05, 3.63) is 83.9 Å². The van der Waals surface area contributed by atoms with Crippen LogP contribution in [0.3, 0.4) is 0 Å². The van der Waals surface area contributed by atoms with Crippen molar-refractivity contribution >= 4 is 17.3 Å². The smallest absolute Gasteiger partial charge is 0.169 e. The predicted octanol–water partition coefficient (Wildman–Crippen LogP) is 3.78. The van der Waals surface area contributed by atoms with E-state index in [1.807, 2.05) is 31.4 Å². The number of hydrogen-bond acceptors (Lipinski definition) is 2. The zero-order valence-electron chi connectivity index (χ0n) is 14.3. The second kappa shape index (κ2) is 6.33. The van der Waals surface area contributed by atoms with Crippen LogP contribution in [0.4, 0.5) is 0 Å². The lowest BCUT2D eigenvalue weighted by molar-refractivity contribution is 0.357. The third-order valence-corrected chi connectivity index (χ3v) is 5.14. The van der Waals surface area contributed by atoms with Gasteiger partial charge in [0, 0.05) is 30.8 Å². The van der Waals surface area contributed by atoms with E-state index < -0.39 is 0 Å². The highest BCUT2D eigenvalue weighted by atomic mass is 32.1. The van der Waals surface area contributed by atoms with Crippen LogP contribution < -0.4 is 5.32 Å². The third-order valence-electron chi connectivity index (χ3n) is 4.73. The lowest BCUT2D eigenvalue weighted by Crippen LogP contribution is -2.25. The number of aromatic nitrogens is 2. The predicted molar refractivity (Wildman–Crippen MR) is 104 cm³/mol. The van der Waals surface area contributed by atoms with Gasteiger partial charge in [0.05, 0.1) is 17.8 Å². The van der Waals surface area contributed by atoms with Crippen LogP contribution in [0, 0.1) is 6.92 Å². The molecule has 0 spiro atoms. The molecule has 0 amide bonds. The number of nitrogens with zero attached hydrogens (tertiary/aromatic N) is 3. The highest BCUT2D eigenvalue weighted by Crippen LogP contribution is 2.38. The summed E-state index contributed by atoms with van der Waals surface area (Å²) in [5.74, 6) is 0. The van der Waals surface area contributed by atoms with Gasteiger partial charge in [-0.3, -0.25) is 4.98 Å². The molecular formula is C20H20N4S. The van der Waals surface area contributed by atoms with Crippen molar-refractivity contribution in [2.75, 3.05) is 7.05 Å². The molecular weight excluding hydrogens is 328 g/mol. The summed E-state index contributed by atoms with van der Waals surface area (Å²) in [5.41, 5.74) is 4.59. The molecule has 0 bridgehead atoms. The Morgan fingerprint density at radius 1 is 1.04 bits per heavy atom. The second-order valence-corrected chi connectivity index (χ2v) is 6.76. The van der Waals surface area contributed by atoms with Crippen LogP contribution in [0.1, 0.15) is 29.0 Å². The van der Waals surface area contributed by atoms with Gasteiger partial charge in [-0.25, -0.2) is 0 Å². The maximum atomic E-state index is 5.52. The van der Waals surface area contributed by atoms with Gasteiger partial charge in [0.2, 0.25) is 0 Å². The number of rotatable bonds is 3. The first-order valence-corrected chi connectivity index (χ1v) is 8.74. The van der Waals surface area contributed by atoms with Gasteiger partial charge >= 0.3 is 0 Å².